The van der Waals surface area contributed by atoms with E-state index in [0.717, 1.165) is 29.8 Å². The number of benzene rings is 1. The van der Waals surface area contributed by atoms with Crippen molar-refractivity contribution in [2.45, 2.75) is 11.2 Å². The zero-order valence-corrected chi connectivity index (χ0v) is 14.6. The first-order valence-electron chi connectivity index (χ1n) is 7.45. The number of hydrogen-bond donors (Lipinski definition) is 1. The summed E-state index contributed by atoms with van der Waals surface area (Å²) in [7, 11) is 1.44. The quantitative estimate of drug-likeness (QED) is 0.656. The van der Waals surface area contributed by atoms with Gasteiger partial charge in [0, 0.05) is 0 Å². The van der Waals surface area contributed by atoms with Gasteiger partial charge in [0.05, 0.1) is 0 Å². The molecule has 0 fully saturated rings. The number of hydrogen-bond acceptors (Lipinski definition) is 4. The van der Waals surface area contributed by atoms with Gasteiger partial charge in [-0.3, -0.25) is 0 Å². The summed E-state index contributed by atoms with van der Waals surface area (Å²) in [6, 6.07) is 14.3. The molecule has 1 atom stereocenters. The summed E-state index contributed by atoms with van der Waals surface area (Å²) in [5.41, 5.74) is 2.58. The minimum atomic E-state index is -0.252. The van der Waals surface area contributed by atoms with Crippen molar-refractivity contribution >= 4 is 31.1 Å². The third-order valence-electron chi connectivity index (χ3n) is 3.69. The molecule has 1 aliphatic heterocycles. The number of ether oxygens (including phenoxy) is 1. The van der Waals surface area contributed by atoms with Crippen LogP contribution < -0.4 is 9.78 Å². The maximum absolute atomic E-state index is 12.2. The van der Waals surface area contributed by atoms with Crippen LogP contribution in [0.2, 0.25) is 4.82 Å². The first-order valence-corrected chi connectivity index (χ1v) is 9.30. The molecule has 23 heavy (non-hydrogen) atoms. The summed E-state index contributed by atoms with van der Waals surface area (Å²) in [5.74, 6) is -0.252. The van der Waals surface area contributed by atoms with Gasteiger partial charge in [-0.15, -0.1) is 0 Å². The fourth-order valence-electron chi connectivity index (χ4n) is 2.60. The molecule has 2 heterocycles. The van der Waals surface area contributed by atoms with Gasteiger partial charge < -0.3 is 0 Å². The van der Waals surface area contributed by atoms with E-state index < -0.39 is 0 Å². The number of carbonyl (C=O) groups is 1. The Bertz CT molecular complexity index is 701. The van der Waals surface area contributed by atoms with E-state index in [1.807, 2.05) is 18.2 Å². The average Bonchev–Trinajstić information content (AvgIpc) is 2.62. The fraction of sp³-hybridized carbons (Fsp3) is 0.222. The molecule has 4 nitrogen and oxygen atoms in total. The number of nitrogens with one attached hydrogen (secondary N) is 1. The number of nitrogens with zero attached hydrogens (tertiary/aromatic N) is 1. The maximum atomic E-state index is 12.2. The van der Waals surface area contributed by atoms with Crippen molar-refractivity contribution in [2.75, 3.05) is 13.7 Å². The van der Waals surface area contributed by atoms with Crippen LogP contribution in [-0.2, 0) is 9.53 Å². The van der Waals surface area contributed by atoms with Crippen LogP contribution in [0.15, 0.2) is 60.4 Å². The SMILES string of the molecule is COC(=O)C1=C(c2ccncc2)NCC([Se]c2ccccc2)C1. The first-order chi connectivity index (χ1) is 11.3. The zero-order valence-electron chi connectivity index (χ0n) is 12.9. The molecule has 1 aliphatic rings. The number of pyridine rings is 1. The van der Waals surface area contributed by atoms with Crippen molar-refractivity contribution < 1.29 is 9.53 Å². The van der Waals surface area contributed by atoms with E-state index in [-0.39, 0.29) is 5.97 Å². The molecule has 5 heteroatoms. The standard InChI is InChI=1S/C18H18N2O2Se/c1-22-18(21)16-11-15(23-14-5-3-2-4-6-14)12-20-17(16)13-7-9-19-10-8-13/h2-10,15,20H,11-12H2,1H3. The molecule has 0 aliphatic carbocycles. The average molecular weight is 373 g/mol. The van der Waals surface area contributed by atoms with Crippen LogP contribution in [0.1, 0.15) is 12.0 Å². The second-order valence-corrected chi connectivity index (χ2v) is 8.10. The van der Waals surface area contributed by atoms with Gasteiger partial charge in [-0.1, -0.05) is 0 Å². The van der Waals surface area contributed by atoms with Gasteiger partial charge >= 0.3 is 142 Å². The molecule has 3 rings (SSSR count). The first kappa shape index (κ1) is 15.8. The minimum absolute atomic E-state index is 0.252. The molecule has 0 saturated carbocycles. The summed E-state index contributed by atoms with van der Waals surface area (Å²) in [6.45, 7) is 0.868. The fourth-order valence-corrected chi connectivity index (χ4v) is 4.94. The van der Waals surface area contributed by atoms with E-state index in [9.17, 15) is 4.79 Å². The van der Waals surface area contributed by atoms with Gasteiger partial charge in [0.2, 0.25) is 0 Å². The molecule has 118 valence electrons. The molecule has 0 bridgehead atoms. The summed E-state index contributed by atoms with van der Waals surface area (Å²) >= 11 is 0.317. The molecule has 1 N–H and O–H groups in total. The van der Waals surface area contributed by atoms with Gasteiger partial charge in [-0.25, -0.2) is 0 Å². The van der Waals surface area contributed by atoms with Crippen molar-refractivity contribution in [2.24, 2.45) is 0 Å². The van der Waals surface area contributed by atoms with E-state index in [1.54, 1.807) is 12.4 Å². The molecule has 0 spiro atoms. The summed E-state index contributed by atoms with van der Waals surface area (Å²) in [5, 5.41) is 3.44. The Kier molecular flexibility index (Phi) is 5.11. The van der Waals surface area contributed by atoms with Crippen LogP contribution in [-0.4, -0.2) is 39.6 Å². The predicted molar refractivity (Wildman–Crippen MR) is 91.4 cm³/mol. The van der Waals surface area contributed by atoms with Crippen molar-refractivity contribution in [3.63, 3.8) is 0 Å². The normalized spacial score (nSPS) is 17.5. The van der Waals surface area contributed by atoms with Crippen molar-refractivity contribution in [3.8, 4) is 0 Å². The van der Waals surface area contributed by atoms with Gasteiger partial charge in [-0.05, 0) is 0 Å². The Labute approximate surface area is 142 Å². The van der Waals surface area contributed by atoms with E-state index in [4.69, 9.17) is 4.74 Å². The van der Waals surface area contributed by atoms with Crippen molar-refractivity contribution in [3.05, 3.63) is 66.0 Å². The monoisotopic (exact) mass is 374 g/mol. The van der Waals surface area contributed by atoms with E-state index in [2.05, 4.69) is 34.6 Å². The number of esters is 1. The molecule has 0 saturated heterocycles. The molecule has 2 aromatic rings. The summed E-state index contributed by atoms with van der Waals surface area (Å²) in [4.78, 5) is 16.7. The topological polar surface area (TPSA) is 51.2 Å². The van der Waals surface area contributed by atoms with Crippen LogP contribution in [0, 0.1) is 0 Å². The Morgan fingerprint density at radius 3 is 2.65 bits per heavy atom. The van der Waals surface area contributed by atoms with Crippen LogP contribution in [0.25, 0.3) is 5.70 Å². The van der Waals surface area contributed by atoms with Crippen LogP contribution in [0.5, 0.6) is 0 Å². The van der Waals surface area contributed by atoms with E-state index in [0.29, 0.717) is 19.8 Å². The third-order valence-corrected chi connectivity index (χ3v) is 6.23. The molecular formula is C18H18N2O2Se. The number of aromatic nitrogens is 1. The van der Waals surface area contributed by atoms with Crippen molar-refractivity contribution in [1.29, 1.82) is 0 Å². The van der Waals surface area contributed by atoms with Crippen LogP contribution in [0.3, 0.4) is 0 Å². The summed E-state index contributed by atoms with van der Waals surface area (Å²) in [6.07, 6.45) is 4.21. The van der Waals surface area contributed by atoms with Gasteiger partial charge in [0.25, 0.3) is 0 Å². The van der Waals surface area contributed by atoms with Crippen LogP contribution >= 0.6 is 0 Å². The van der Waals surface area contributed by atoms with E-state index in [1.165, 1.54) is 11.6 Å². The van der Waals surface area contributed by atoms with Gasteiger partial charge in [-0.2, -0.15) is 0 Å². The second-order valence-electron chi connectivity index (χ2n) is 5.22. The molecule has 0 amide bonds. The second kappa shape index (κ2) is 7.44. The molecule has 0 radical (unpaired) electrons. The predicted octanol–water partition coefficient (Wildman–Crippen LogP) is 1.78. The van der Waals surface area contributed by atoms with Crippen LogP contribution in [0.4, 0.5) is 0 Å². The number of rotatable bonds is 4. The Morgan fingerprint density at radius 2 is 1.96 bits per heavy atom. The number of methoxy groups -OCH3 is 1. The van der Waals surface area contributed by atoms with Gasteiger partial charge in [0.15, 0.2) is 0 Å². The molecule has 1 aromatic heterocycles. The molecular weight excluding hydrogens is 355 g/mol. The Balaban J connectivity index is 1.85. The zero-order chi connectivity index (χ0) is 16.1. The Morgan fingerprint density at radius 1 is 1.22 bits per heavy atom. The number of carbonyl (C=O) groups excluding carboxylic acids is 1. The summed E-state index contributed by atoms with van der Waals surface area (Å²) < 4.78 is 6.34. The third kappa shape index (κ3) is 3.81. The van der Waals surface area contributed by atoms with Crippen molar-refractivity contribution in [1.82, 2.24) is 10.3 Å². The van der Waals surface area contributed by atoms with Gasteiger partial charge in [0.1, 0.15) is 0 Å². The molecule has 1 aromatic carbocycles. The molecule has 1 unspecified atom stereocenters. The van der Waals surface area contributed by atoms with E-state index >= 15 is 0 Å². The Hall–Kier alpha value is -2.10.